The fourth-order valence-electron chi connectivity index (χ4n) is 1.43. The van der Waals surface area contributed by atoms with Crippen LogP contribution in [0, 0.1) is 11.8 Å². The lowest BCUT2D eigenvalue weighted by atomic mass is 10.4. The highest BCUT2D eigenvalue weighted by atomic mass is 15.4. The van der Waals surface area contributed by atoms with Gasteiger partial charge in [-0.1, -0.05) is 0 Å². The highest BCUT2D eigenvalue weighted by Crippen LogP contribution is 2.43. The molecule has 0 aromatic rings. The molecule has 2 heteroatoms. The van der Waals surface area contributed by atoms with Crippen molar-refractivity contribution in [3.8, 4) is 0 Å². The first kappa shape index (κ1) is 3.87. The summed E-state index contributed by atoms with van der Waals surface area (Å²) in [5.41, 5.74) is 0. The zero-order valence-electron chi connectivity index (χ0n) is 4.30. The number of piperidine rings is 1. The highest BCUT2D eigenvalue weighted by Gasteiger charge is 2.43. The number of nitrogens with two attached hydrogens (primary N) is 1. The molecule has 2 atom stereocenters. The van der Waals surface area contributed by atoms with E-state index in [9.17, 15) is 0 Å². The van der Waals surface area contributed by atoms with Crippen molar-refractivity contribution in [1.82, 2.24) is 5.01 Å². The second-order valence-electron chi connectivity index (χ2n) is 2.71. The van der Waals surface area contributed by atoms with Crippen molar-refractivity contribution in [2.45, 2.75) is 6.42 Å². The summed E-state index contributed by atoms with van der Waals surface area (Å²) >= 11 is 0. The van der Waals surface area contributed by atoms with Crippen LogP contribution in [-0.2, 0) is 0 Å². The Labute approximate surface area is 43.3 Å². The number of fused-ring (bicyclic) bond motifs is 1. The molecule has 2 unspecified atom stereocenters. The summed E-state index contributed by atoms with van der Waals surface area (Å²) in [4.78, 5) is 0. The lowest BCUT2D eigenvalue weighted by Crippen LogP contribution is -2.29. The summed E-state index contributed by atoms with van der Waals surface area (Å²) in [6.45, 7) is 2.31. The molecule has 2 nitrogen and oxygen atoms in total. The van der Waals surface area contributed by atoms with Crippen LogP contribution < -0.4 is 5.84 Å². The lowest BCUT2D eigenvalue weighted by molar-refractivity contribution is 0.317. The molecule has 2 fully saturated rings. The van der Waals surface area contributed by atoms with E-state index in [1.165, 1.54) is 6.42 Å². The maximum atomic E-state index is 5.49. The van der Waals surface area contributed by atoms with Gasteiger partial charge in [0.05, 0.1) is 0 Å². The minimum atomic E-state index is 0.991. The Kier molecular flexibility index (Phi) is 0.557. The zero-order valence-corrected chi connectivity index (χ0v) is 4.30. The van der Waals surface area contributed by atoms with E-state index in [0.29, 0.717) is 0 Å². The van der Waals surface area contributed by atoms with Crippen LogP contribution in [0.5, 0.6) is 0 Å². The molecular formula is C5H10N2. The SMILES string of the molecule is NN1CC2CC2C1. The second-order valence-corrected chi connectivity index (χ2v) is 2.71. The van der Waals surface area contributed by atoms with E-state index >= 15 is 0 Å². The Bertz CT molecular complexity index is 82.1. The van der Waals surface area contributed by atoms with E-state index < -0.39 is 0 Å². The van der Waals surface area contributed by atoms with Crippen molar-refractivity contribution in [2.75, 3.05) is 13.1 Å². The summed E-state index contributed by atoms with van der Waals surface area (Å²) in [5, 5.41) is 1.93. The molecule has 1 saturated carbocycles. The first-order valence-corrected chi connectivity index (χ1v) is 2.86. The molecule has 1 heterocycles. The van der Waals surface area contributed by atoms with Crippen LogP contribution in [-0.4, -0.2) is 18.1 Å². The average Bonchev–Trinajstić information content (AvgIpc) is 2.15. The van der Waals surface area contributed by atoms with E-state index in [-0.39, 0.29) is 0 Å². The first-order chi connectivity index (χ1) is 3.36. The molecule has 0 radical (unpaired) electrons. The maximum absolute atomic E-state index is 5.49. The van der Waals surface area contributed by atoms with Gasteiger partial charge in [0.2, 0.25) is 0 Å². The van der Waals surface area contributed by atoms with Crippen LogP contribution >= 0.6 is 0 Å². The van der Waals surface area contributed by atoms with Gasteiger partial charge >= 0.3 is 0 Å². The Hall–Kier alpha value is -0.0800. The maximum Gasteiger partial charge on any atom is 0.0160 e. The molecule has 0 aromatic heterocycles. The van der Waals surface area contributed by atoms with Crippen LogP contribution in [0.3, 0.4) is 0 Å². The molecular weight excluding hydrogens is 88.1 g/mol. The molecule has 0 amide bonds. The van der Waals surface area contributed by atoms with Gasteiger partial charge in [-0.2, -0.15) is 0 Å². The van der Waals surface area contributed by atoms with Crippen molar-refractivity contribution in [2.24, 2.45) is 17.7 Å². The number of hydrogen-bond donors (Lipinski definition) is 1. The van der Waals surface area contributed by atoms with Gasteiger partial charge in [0.15, 0.2) is 0 Å². The molecule has 2 N–H and O–H groups in total. The van der Waals surface area contributed by atoms with Gasteiger partial charge in [-0.15, -0.1) is 0 Å². The largest absolute Gasteiger partial charge is 0.269 e. The fourth-order valence-corrected chi connectivity index (χ4v) is 1.43. The summed E-state index contributed by atoms with van der Waals surface area (Å²) in [7, 11) is 0. The number of hydrazine groups is 1. The number of rotatable bonds is 0. The molecule has 0 spiro atoms. The fraction of sp³-hybridized carbons (Fsp3) is 1.00. The van der Waals surface area contributed by atoms with Gasteiger partial charge in [0.1, 0.15) is 0 Å². The third kappa shape index (κ3) is 0.469. The minimum absolute atomic E-state index is 0.991. The average molecular weight is 98.1 g/mol. The third-order valence-corrected chi connectivity index (χ3v) is 2.01. The molecule has 1 aliphatic heterocycles. The van der Waals surface area contributed by atoms with Crippen LogP contribution in [0.4, 0.5) is 0 Å². The van der Waals surface area contributed by atoms with Crippen LogP contribution in [0.15, 0.2) is 0 Å². The summed E-state index contributed by atoms with van der Waals surface area (Å²) in [6.07, 6.45) is 1.45. The van der Waals surface area contributed by atoms with Gasteiger partial charge < -0.3 is 0 Å². The topological polar surface area (TPSA) is 29.3 Å². The highest BCUT2D eigenvalue weighted by molar-refractivity contribution is 4.94. The molecule has 1 saturated heterocycles. The Morgan fingerprint density at radius 2 is 1.86 bits per heavy atom. The standard InChI is InChI=1S/C5H10N2/c6-7-2-4-1-5(4)3-7/h4-5H,1-3,6H2. The van der Waals surface area contributed by atoms with Crippen LogP contribution in [0.1, 0.15) is 6.42 Å². The monoisotopic (exact) mass is 98.1 g/mol. The van der Waals surface area contributed by atoms with Crippen molar-refractivity contribution < 1.29 is 0 Å². The van der Waals surface area contributed by atoms with Crippen molar-refractivity contribution >= 4 is 0 Å². The van der Waals surface area contributed by atoms with Gasteiger partial charge in [-0.05, 0) is 18.3 Å². The van der Waals surface area contributed by atoms with Crippen LogP contribution in [0.2, 0.25) is 0 Å². The zero-order chi connectivity index (χ0) is 4.85. The predicted molar refractivity (Wildman–Crippen MR) is 27.4 cm³/mol. The summed E-state index contributed by atoms with van der Waals surface area (Å²) in [5.74, 6) is 7.47. The minimum Gasteiger partial charge on any atom is -0.269 e. The van der Waals surface area contributed by atoms with Gasteiger partial charge in [0.25, 0.3) is 0 Å². The molecule has 0 aromatic carbocycles. The van der Waals surface area contributed by atoms with E-state index in [0.717, 1.165) is 24.9 Å². The van der Waals surface area contributed by atoms with Crippen molar-refractivity contribution in [3.63, 3.8) is 0 Å². The van der Waals surface area contributed by atoms with Gasteiger partial charge in [-0.25, -0.2) is 5.01 Å². The Morgan fingerprint density at radius 1 is 1.29 bits per heavy atom. The van der Waals surface area contributed by atoms with Crippen molar-refractivity contribution in [1.29, 1.82) is 0 Å². The molecule has 0 bridgehead atoms. The molecule has 40 valence electrons. The van der Waals surface area contributed by atoms with Crippen molar-refractivity contribution in [3.05, 3.63) is 0 Å². The third-order valence-electron chi connectivity index (χ3n) is 2.01. The van der Waals surface area contributed by atoms with E-state index in [2.05, 4.69) is 0 Å². The Balaban J connectivity index is 2.02. The molecule has 7 heavy (non-hydrogen) atoms. The molecule has 2 aliphatic rings. The lowest BCUT2D eigenvalue weighted by Gasteiger charge is -2.06. The first-order valence-electron chi connectivity index (χ1n) is 2.86. The molecule has 2 rings (SSSR count). The van der Waals surface area contributed by atoms with E-state index in [4.69, 9.17) is 5.84 Å². The van der Waals surface area contributed by atoms with E-state index in [1.807, 2.05) is 5.01 Å². The van der Waals surface area contributed by atoms with Crippen LogP contribution in [0.25, 0.3) is 0 Å². The summed E-state index contributed by atoms with van der Waals surface area (Å²) < 4.78 is 0. The van der Waals surface area contributed by atoms with Gasteiger partial charge in [0, 0.05) is 13.1 Å². The quantitative estimate of drug-likeness (QED) is 0.425. The predicted octanol–water partition coefficient (Wildman–Crippen LogP) is -0.188. The summed E-state index contributed by atoms with van der Waals surface area (Å²) in [6, 6.07) is 0. The Morgan fingerprint density at radius 3 is 2.14 bits per heavy atom. The normalized spacial score (nSPS) is 49.3. The number of nitrogens with zero attached hydrogens (tertiary/aromatic N) is 1. The number of hydrogen-bond acceptors (Lipinski definition) is 2. The molecule has 1 aliphatic carbocycles. The smallest absolute Gasteiger partial charge is 0.0160 e. The second kappa shape index (κ2) is 1.01. The van der Waals surface area contributed by atoms with E-state index in [1.54, 1.807) is 0 Å². The van der Waals surface area contributed by atoms with Gasteiger partial charge in [-0.3, -0.25) is 5.84 Å².